The molecule has 1 saturated heterocycles. The molecule has 2 aliphatic rings. The monoisotopic (exact) mass is 294 g/mol. The highest BCUT2D eigenvalue weighted by atomic mass is 32.1. The van der Waals surface area contributed by atoms with Crippen LogP contribution in [0.15, 0.2) is 5.51 Å². The molecule has 0 spiro atoms. The molecule has 3 rings (SSSR count). The van der Waals surface area contributed by atoms with Crippen LogP contribution in [0.3, 0.4) is 0 Å². The maximum absolute atomic E-state index is 4.25. The van der Waals surface area contributed by atoms with Crippen LogP contribution in [0.4, 0.5) is 0 Å². The fourth-order valence-corrected chi connectivity index (χ4v) is 4.47. The number of nitrogens with one attached hydrogen (secondary N) is 1. The van der Waals surface area contributed by atoms with Gasteiger partial charge in [0.15, 0.2) is 0 Å². The number of aromatic nitrogens is 2. The maximum Gasteiger partial charge on any atom is 0.120 e. The van der Waals surface area contributed by atoms with Crippen molar-refractivity contribution >= 4 is 11.3 Å². The van der Waals surface area contributed by atoms with E-state index >= 15 is 0 Å². The summed E-state index contributed by atoms with van der Waals surface area (Å²) in [6.45, 7) is 3.71. The Balaban J connectivity index is 1.45. The third-order valence-electron chi connectivity index (χ3n) is 5.05. The van der Waals surface area contributed by atoms with Crippen molar-refractivity contribution in [3.63, 3.8) is 0 Å². The van der Waals surface area contributed by atoms with Crippen molar-refractivity contribution in [2.24, 2.45) is 5.92 Å². The van der Waals surface area contributed by atoms with Gasteiger partial charge in [0, 0.05) is 18.5 Å². The quantitative estimate of drug-likeness (QED) is 0.926. The summed E-state index contributed by atoms with van der Waals surface area (Å²) in [4.78, 5) is 2.63. The topological polar surface area (TPSA) is 41.0 Å². The lowest BCUT2D eigenvalue weighted by atomic mass is 9.85. The summed E-state index contributed by atoms with van der Waals surface area (Å²) in [6.07, 6.45) is 7.93. The van der Waals surface area contributed by atoms with E-state index in [-0.39, 0.29) is 0 Å². The zero-order chi connectivity index (χ0) is 13.8. The highest BCUT2D eigenvalue weighted by molar-refractivity contribution is 7.09. The first-order chi connectivity index (χ1) is 9.83. The van der Waals surface area contributed by atoms with Crippen LogP contribution in [0.2, 0.25) is 0 Å². The van der Waals surface area contributed by atoms with Crippen LogP contribution in [-0.4, -0.2) is 47.8 Å². The molecule has 1 aromatic heterocycles. The van der Waals surface area contributed by atoms with Crippen LogP contribution in [0.5, 0.6) is 0 Å². The third-order valence-corrected chi connectivity index (χ3v) is 5.91. The van der Waals surface area contributed by atoms with E-state index in [4.69, 9.17) is 0 Å². The van der Waals surface area contributed by atoms with E-state index in [0.717, 1.165) is 12.0 Å². The van der Waals surface area contributed by atoms with E-state index in [0.29, 0.717) is 5.92 Å². The summed E-state index contributed by atoms with van der Waals surface area (Å²) in [7, 11) is 2.33. The number of hydrogen-bond donors (Lipinski definition) is 1. The second kappa shape index (κ2) is 6.96. The van der Waals surface area contributed by atoms with Crippen molar-refractivity contribution in [2.45, 2.75) is 50.5 Å². The molecule has 0 amide bonds. The maximum atomic E-state index is 4.25. The van der Waals surface area contributed by atoms with Crippen LogP contribution in [0.1, 0.15) is 49.5 Å². The second-order valence-corrected chi connectivity index (χ2v) is 7.28. The van der Waals surface area contributed by atoms with E-state index in [1.54, 1.807) is 11.3 Å². The van der Waals surface area contributed by atoms with Crippen LogP contribution in [-0.2, 0) is 0 Å². The summed E-state index contributed by atoms with van der Waals surface area (Å²) >= 11 is 1.72. The molecule has 1 aliphatic carbocycles. The predicted octanol–water partition coefficient (Wildman–Crippen LogP) is 2.50. The third kappa shape index (κ3) is 3.57. The molecular formula is C15H26N4S. The van der Waals surface area contributed by atoms with Crippen LogP contribution < -0.4 is 5.32 Å². The SMILES string of the molecule is CN(CC1CCNCC1)C1CCC(c2nncs2)CC1. The van der Waals surface area contributed by atoms with Gasteiger partial charge in [0.05, 0.1) is 0 Å². The van der Waals surface area contributed by atoms with Gasteiger partial charge in [0.1, 0.15) is 10.5 Å². The fourth-order valence-electron chi connectivity index (χ4n) is 3.74. The Morgan fingerprint density at radius 2 is 1.95 bits per heavy atom. The number of piperidine rings is 1. The van der Waals surface area contributed by atoms with Gasteiger partial charge in [0.2, 0.25) is 0 Å². The van der Waals surface area contributed by atoms with Crippen LogP contribution in [0, 0.1) is 5.92 Å². The average molecular weight is 294 g/mol. The van der Waals surface area contributed by atoms with Crippen LogP contribution in [0.25, 0.3) is 0 Å². The molecule has 2 fully saturated rings. The Kier molecular flexibility index (Phi) is 5.02. The molecule has 2 heterocycles. The van der Waals surface area contributed by atoms with Crippen molar-refractivity contribution < 1.29 is 0 Å². The molecule has 1 aliphatic heterocycles. The summed E-state index contributed by atoms with van der Waals surface area (Å²) < 4.78 is 0. The highest BCUT2D eigenvalue weighted by Gasteiger charge is 2.27. The molecule has 0 unspecified atom stereocenters. The normalized spacial score (nSPS) is 28.9. The van der Waals surface area contributed by atoms with Crippen molar-refractivity contribution in [3.05, 3.63) is 10.5 Å². The first kappa shape index (κ1) is 14.4. The Labute approximate surface area is 126 Å². The van der Waals surface area contributed by atoms with E-state index in [2.05, 4.69) is 27.5 Å². The van der Waals surface area contributed by atoms with Crippen LogP contribution >= 0.6 is 11.3 Å². The van der Waals surface area contributed by atoms with E-state index < -0.39 is 0 Å². The lowest BCUT2D eigenvalue weighted by Crippen LogP contribution is -2.40. The van der Waals surface area contributed by atoms with Gasteiger partial charge in [-0.2, -0.15) is 0 Å². The Bertz CT molecular complexity index is 381. The average Bonchev–Trinajstić information content (AvgIpc) is 3.03. The van der Waals surface area contributed by atoms with Crippen molar-refractivity contribution in [1.82, 2.24) is 20.4 Å². The van der Waals surface area contributed by atoms with Gasteiger partial charge in [-0.1, -0.05) is 0 Å². The fraction of sp³-hybridized carbons (Fsp3) is 0.867. The molecule has 20 heavy (non-hydrogen) atoms. The van der Waals surface area contributed by atoms with Gasteiger partial charge in [-0.05, 0) is 64.6 Å². The van der Waals surface area contributed by atoms with E-state index in [1.807, 2.05) is 5.51 Å². The summed E-state index contributed by atoms with van der Waals surface area (Å²) in [5.41, 5.74) is 1.87. The molecule has 0 bridgehead atoms. The van der Waals surface area contributed by atoms with Crippen molar-refractivity contribution in [3.8, 4) is 0 Å². The Morgan fingerprint density at radius 3 is 2.60 bits per heavy atom. The van der Waals surface area contributed by atoms with Gasteiger partial charge in [-0.15, -0.1) is 21.5 Å². The molecular weight excluding hydrogens is 268 g/mol. The lowest BCUT2D eigenvalue weighted by Gasteiger charge is -2.36. The van der Waals surface area contributed by atoms with E-state index in [9.17, 15) is 0 Å². The summed E-state index contributed by atoms with van der Waals surface area (Å²) in [5, 5.41) is 12.9. The molecule has 5 heteroatoms. The van der Waals surface area contributed by atoms with Gasteiger partial charge in [-0.25, -0.2) is 0 Å². The molecule has 4 nitrogen and oxygen atoms in total. The second-order valence-electron chi connectivity index (χ2n) is 6.42. The number of nitrogens with zero attached hydrogens (tertiary/aromatic N) is 3. The molecule has 112 valence electrons. The predicted molar refractivity (Wildman–Crippen MR) is 83.1 cm³/mol. The van der Waals surface area contributed by atoms with E-state index in [1.165, 1.54) is 63.2 Å². The van der Waals surface area contributed by atoms with Crippen molar-refractivity contribution in [2.75, 3.05) is 26.7 Å². The molecule has 0 aromatic carbocycles. The summed E-state index contributed by atoms with van der Waals surface area (Å²) in [6, 6.07) is 0.786. The van der Waals surface area contributed by atoms with Gasteiger partial charge >= 0.3 is 0 Å². The standard InChI is InChI=1S/C15H26N4S/c1-19(10-12-6-8-16-9-7-12)14-4-2-13(3-5-14)15-18-17-11-20-15/h11-14,16H,2-10H2,1H3. The summed E-state index contributed by atoms with van der Waals surface area (Å²) in [5.74, 6) is 1.58. The minimum Gasteiger partial charge on any atom is -0.317 e. The lowest BCUT2D eigenvalue weighted by molar-refractivity contribution is 0.147. The minimum atomic E-state index is 0.672. The van der Waals surface area contributed by atoms with Gasteiger partial charge < -0.3 is 10.2 Å². The Morgan fingerprint density at radius 1 is 1.20 bits per heavy atom. The zero-order valence-electron chi connectivity index (χ0n) is 12.4. The zero-order valence-corrected chi connectivity index (χ0v) is 13.2. The smallest absolute Gasteiger partial charge is 0.120 e. The molecule has 1 saturated carbocycles. The number of hydrogen-bond acceptors (Lipinski definition) is 5. The van der Waals surface area contributed by atoms with Gasteiger partial charge in [-0.3, -0.25) is 0 Å². The van der Waals surface area contributed by atoms with Gasteiger partial charge in [0.25, 0.3) is 0 Å². The largest absolute Gasteiger partial charge is 0.317 e. The molecule has 0 atom stereocenters. The molecule has 1 aromatic rings. The van der Waals surface area contributed by atoms with Crippen molar-refractivity contribution in [1.29, 1.82) is 0 Å². The first-order valence-corrected chi connectivity index (χ1v) is 8.88. The minimum absolute atomic E-state index is 0.672. The highest BCUT2D eigenvalue weighted by Crippen LogP contribution is 2.35. The first-order valence-electron chi connectivity index (χ1n) is 8.00. The Hall–Kier alpha value is -0.520. The number of rotatable bonds is 4. The molecule has 0 radical (unpaired) electrons. The molecule has 1 N–H and O–H groups in total.